The molecule has 0 radical (unpaired) electrons. The molecule has 0 rings (SSSR count). The van der Waals surface area contributed by atoms with Gasteiger partial charge in [-0.15, -0.1) is 0 Å². The maximum atomic E-state index is 12.7. The number of rotatable bonds is 63. The molecule has 10 heteroatoms. The number of nitrogens with two attached hydrogens (primary N) is 1. The third kappa shape index (κ3) is 65.9. The molecule has 9 nitrogen and oxygen atoms in total. The lowest BCUT2D eigenvalue weighted by atomic mass is 10.0. The smallest absolute Gasteiger partial charge is 0.462 e. The van der Waals surface area contributed by atoms with Crippen LogP contribution in [0.1, 0.15) is 309 Å². The Kier molecular flexibility index (Phi) is 63.6. The first-order valence-corrected chi connectivity index (χ1v) is 35.2. The summed E-state index contributed by atoms with van der Waals surface area (Å²) in [5, 5.41) is 0. The zero-order valence-electron chi connectivity index (χ0n) is 52.5. The van der Waals surface area contributed by atoms with Crippen molar-refractivity contribution in [1.82, 2.24) is 0 Å². The Bertz CT molecular complexity index is 1650. The topological polar surface area (TPSA) is 134 Å². The zero-order chi connectivity index (χ0) is 58.7. The highest BCUT2D eigenvalue weighted by Crippen LogP contribution is 2.43. The van der Waals surface area contributed by atoms with Crippen LogP contribution in [0.3, 0.4) is 0 Å². The van der Waals surface area contributed by atoms with Gasteiger partial charge in [-0.25, -0.2) is 4.57 Å². The Labute approximate surface area is 499 Å². The maximum Gasteiger partial charge on any atom is 0.472 e. The molecule has 0 aromatic carbocycles. The molecule has 0 bridgehead atoms. The first kappa shape index (κ1) is 77.9. The van der Waals surface area contributed by atoms with E-state index in [0.29, 0.717) is 6.42 Å². The number of phosphoric acid groups is 1. The second-order valence-corrected chi connectivity index (χ2v) is 23.8. The van der Waals surface area contributed by atoms with Gasteiger partial charge in [0.1, 0.15) is 6.61 Å². The largest absolute Gasteiger partial charge is 0.472 e. The lowest BCUT2D eigenvalue weighted by molar-refractivity contribution is -0.161. The standard InChI is InChI=1S/C71H126NO8P/c1-3-5-7-9-11-13-15-17-19-21-23-25-27-28-29-30-31-32-33-34-35-36-37-38-39-40-42-43-45-47-49-51-53-55-57-59-61-63-70(73)77-67-69(68-79-81(75,76)78-66-65-72)80-71(74)64-62-60-58-56-54-52-50-48-46-44-41-26-24-22-20-18-16-14-12-10-8-6-4-2/h6,8,12,14-15,17-18,20-21,23-24,26,44,46,50,52,69H,3-5,7,9-11,13,16,19,22,25,27-43,45,47-49,51,53-68,72H2,1-2H3,(H,75,76)/b8-6-,14-12-,17-15-,20-18-,23-21-,26-24-,46-44-,52-50-. The molecule has 0 aromatic rings. The van der Waals surface area contributed by atoms with Crippen molar-refractivity contribution < 1.29 is 37.6 Å². The summed E-state index contributed by atoms with van der Waals surface area (Å²) in [5.74, 6) is -0.851. The highest BCUT2D eigenvalue weighted by atomic mass is 31.2. The lowest BCUT2D eigenvalue weighted by Gasteiger charge is -2.19. The number of hydrogen-bond donors (Lipinski definition) is 2. The molecule has 0 aromatic heterocycles. The first-order valence-electron chi connectivity index (χ1n) is 33.7. The second-order valence-electron chi connectivity index (χ2n) is 22.3. The van der Waals surface area contributed by atoms with Crippen LogP contribution in [0.25, 0.3) is 0 Å². The minimum Gasteiger partial charge on any atom is -0.462 e. The first-order chi connectivity index (χ1) is 39.8. The monoisotopic (exact) mass is 1150 g/mol. The van der Waals surface area contributed by atoms with E-state index in [1.165, 1.54) is 186 Å². The van der Waals surface area contributed by atoms with E-state index in [1.807, 2.05) is 0 Å². The van der Waals surface area contributed by atoms with Crippen LogP contribution in [0.5, 0.6) is 0 Å². The van der Waals surface area contributed by atoms with Crippen molar-refractivity contribution in [3.8, 4) is 0 Å². The molecule has 0 heterocycles. The van der Waals surface area contributed by atoms with E-state index in [9.17, 15) is 19.0 Å². The SMILES string of the molecule is CC/C=C\C/C=C\C/C=C\C/C=C\C/C=C\C/C=C\CCCCCCC(=O)OC(COC(=O)CCCCCCCCCCCCCCCCCCCCCCCCCCC/C=C\C/C=C\CCCCCCC)COP(=O)(O)OCCN. The van der Waals surface area contributed by atoms with Crippen LogP contribution in [0.2, 0.25) is 0 Å². The molecule has 0 aliphatic rings. The number of hydrogen-bond acceptors (Lipinski definition) is 8. The Balaban J connectivity index is 3.86. The molecule has 2 unspecified atom stereocenters. The molecular weight excluding hydrogens is 1030 g/mol. The molecule has 468 valence electrons. The molecule has 0 saturated carbocycles. The molecule has 0 saturated heterocycles. The second kappa shape index (κ2) is 66.1. The van der Waals surface area contributed by atoms with E-state index in [-0.39, 0.29) is 38.6 Å². The molecule has 0 spiro atoms. The summed E-state index contributed by atoms with van der Waals surface area (Å²) in [5.41, 5.74) is 5.39. The zero-order valence-corrected chi connectivity index (χ0v) is 53.4. The highest BCUT2D eigenvalue weighted by molar-refractivity contribution is 7.47. The van der Waals surface area contributed by atoms with Gasteiger partial charge in [-0.05, 0) is 96.3 Å². The van der Waals surface area contributed by atoms with E-state index in [0.717, 1.165) is 89.9 Å². The van der Waals surface area contributed by atoms with E-state index < -0.39 is 26.5 Å². The molecule has 0 amide bonds. The van der Waals surface area contributed by atoms with Gasteiger partial charge in [-0.2, -0.15) is 0 Å². The number of unbranched alkanes of at least 4 members (excludes halogenated alkanes) is 34. The number of carbonyl (C=O) groups excluding carboxylic acids is 2. The van der Waals surface area contributed by atoms with Crippen LogP contribution in [-0.2, 0) is 32.7 Å². The van der Waals surface area contributed by atoms with Crippen molar-refractivity contribution in [2.45, 2.75) is 315 Å². The molecule has 0 aliphatic carbocycles. The predicted molar refractivity (Wildman–Crippen MR) is 348 cm³/mol. The van der Waals surface area contributed by atoms with Crippen LogP contribution in [-0.4, -0.2) is 49.3 Å². The van der Waals surface area contributed by atoms with Gasteiger partial charge >= 0.3 is 19.8 Å². The van der Waals surface area contributed by atoms with Gasteiger partial charge in [0.15, 0.2) is 6.10 Å². The summed E-state index contributed by atoms with van der Waals surface area (Å²) in [6.45, 7) is 3.61. The number of esters is 2. The minimum absolute atomic E-state index is 0.0455. The Hall–Kier alpha value is -3.07. The van der Waals surface area contributed by atoms with Gasteiger partial charge in [0.25, 0.3) is 0 Å². The molecule has 2 atom stereocenters. The number of ether oxygens (including phenoxy) is 2. The Morgan fingerprint density at radius 1 is 0.383 bits per heavy atom. The summed E-state index contributed by atoms with van der Waals surface area (Å²) >= 11 is 0. The molecular formula is C71H126NO8P. The van der Waals surface area contributed by atoms with Crippen molar-refractivity contribution >= 4 is 19.8 Å². The number of allylic oxidation sites excluding steroid dienone is 16. The average molecular weight is 1150 g/mol. The summed E-state index contributed by atoms with van der Waals surface area (Å²) < 4.78 is 33.1. The van der Waals surface area contributed by atoms with E-state index >= 15 is 0 Å². The van der Waals surface area contributed by atoms with Crippen LogP contribution in [0, 0.1) is 0 Å². The summed E-state index contributed by atoms with van der Waals surface area (Å²) in [7, 11) is -4.40. The van der Waals surface area contributed by atoms with Crippen LogP contribution < -0.4 is 5.73 Å². The van der Waals surface area contributed by atoms with Crippen molar-refractivity contribution in [3.63, 3.8) is 0 Å². The fraction of sp³-hybridized carbons (Fsp3) is 0.746. The van der Waals surface area contributed by atoms with Crippen LogP contribution >= 0.6 is 7.82 Å². The molecule has 0 aliphatic heterocycles. The summed E-state index contributed by atoms with van der Waals surface area (Å²) in [6.07, 6.45) is 89.3. The minimum atomic E-state index is -4.40. The van der Waals surface area contributed by atoms with Crippen molar-refractivity contribution in [2.24, 2.45) is 5.73 Å². The quantitative estimate of drug-likeness (QED) is 0.0264. The molecule has 81 heavy (non-hydrogen) atoms. The Morgan fingerprint density at radius 2 is 0.679 bits per heavy atom. The highest BCUT2D eigenvalue weighted by Gasteiger charge is 2.26. The van der Waals surface area contributed by atoms with E-state index in [2.05, 4.69) is 111 Å². The van der Waals surface area contributed by atoms with E-state index in [1.54, 1.807) is 0 Å². The van der Waals surface area contributed by atoms with Gasteiger partial charge < -0.3 is 20.1 Å². The fourth-order valence-corrected chi connectivity index (χ4v) is 10.3. The number of phosphoric ester groups is 1. The average Bonchev–Trinajstić information content (AvgIpc) is 3.46. The van der Waals surface area contributed by atoms with Gasteiger partial charge in [0.2, 0.25) is 0 Å². The van der Waals surface area contributed by atoms with Crippen LogP contribution in [0.4, 0.5) is 0 Å². The molecule has 3 N–H and O–H groups in total. The lowest BCUT2D eigenvalue weighted by Crippen LogP contribution is -2.29. The fourth-order valence-electron chi connectivity index (χ4n) is 9.50. The van der Waals surface area contributed by atoms with Gasteiger partial charge in [0, 0.05) is 19.4 Å². The van der Waals surface area contributed by atoms with Gasteiger partial charge in [-0.1, -0.05) is 297 Å². The van der Waals surface area contributed by atoms with Gasteiger partial charge in [-0.3, -0.25) is 18.6 Å². The summed E-state index contributed by atoms with van der Waals surface area (Å²) in [4.78, 5) is 35.3. The van der Waals surface area contributed by atoms with Gasteiger partial charge in [0.05, 0.1) is 13.2 Å². The van der Waals surface area contributed by atoms with Crippen molar-refractivity contribution in [1.29, 1.82) is 0 Å². The van der Waals surface area contributed by atoms with E-state index in [4.69, 9.17) is 24.3 Å². The normalized spacial score (nSPS) is 13.6. The third-order valence-corrected chi connectivity index (χ3v) is 15.4. The van der Waals surface area contributed by atoms with Crippen molar-refractivity contribution in [2.75, 3.05) is 26.4 Å². The van der Waals surface area contributed by atoms with Crippen molar-refractivity contribution in [3.05, 3.63) is 97.2 Å². The van der Waals surface area contributed by atoms with Crippen LogP contribution in [0.15, 0.2) is 97.2 Å². The predicted octanol–water partition coefficient (Wildman–Crippen LogP) is 22.0. The maximum absolute atomic E-state index is 12.7. The molecule has 0 fully saturated rings. The number of carbonyl (C=O) groups is 2. The third-order valence-electron chi connectivity index (χ3n) is 14.5. The summed E-state index contributed by atoms with van der Waals surface area (Å²) in [6, 6.07) is 0. The Morgan fingerprint density at radius 3 is 1.01 bits per heavy atom.